The van der Waals surface area contributed by atoms with Crippen LogP contribution in [-0.4, -0.2) is 24.0 Å². The standard InChI is InChI=1S/C13H18BrClN2/c14-12-5-4-10(7-13(12)15)9-17-6-2-1-3-11(17)8-16/h4-5,7,11H,1-3,6,8-9,16H2. The van der Waals surface area contributed by atoms with Crippen molar-refractivity contribution >= 4 is 27.5 Å². The summed E-state index contributed by atoms with van der Waals surface area (Å²) < 4.78 is 0.955. The Kier molecular flexibility index (Phi) is 4.86. The van der Waals surface area contributed by atoms with Gasteiger partial charge in [-0.25, -0.2) is 0 Å². The molecule has 2 nitrogen and oxygen atoms in total. The van der Waals surface area contributed by atoms with Gasteiger partial charge < -0.3 is 5.73 Å². The van der Waals surface area contributed by atoms with Crippen molar-refractivity contribution < 1.29 is 0 Å². The van der Waals surface area contributed by atoms with Gasteiger partial charge in [-0.2, -0.15) is 0 Å². The second-order valence-corrected chi connectivity index (χ2v) is 5.87. The summed E-state index contributed by atoms with van der Waals surface area (Å²) in [6, 6.07) is 6.71. The molecule has 1 unspecified atom stereocenters. The van der Waals surface area contributed by atoms with Gasteiger partial charge in [-0.3, -0.25) is 4.90 Å². The van der Waals surface area contributed by atoms with Gasteiger partial charge in [0.1, 0.15) is 0 Å². The lowest BCUT2D eigenvalue weighted by Gasteiger charge is -2.35. The Morgan fingerprint density at radius 3 is 2.94 bits per heavy atom. The van der Waals surface area contributed by atoms with Gasteiger partial charge in [-0.1, -0.05) is 24.1 Å². The molecule has 17 heavy (non-hydrogen) atoms. The van der Waals surface area contributed by atoms with Crippen LogP contribution in [0, 0.1) is 0 Å². The summed E-state index contributed by atoms with van der Waals surface area (Å²) >= 11 is 9.53. The first-order valence-corrected chi connectivity index (χ1v) is 7.26. The third-order valence-corrected chi connectivity index (χ3v) is 4.62. The van der Waals surface area contributed by atoms with Crippen molar-refractivity contribution in [3.8, 4) is 0 Å². The van der Waals surface area contributed by atoms with E-state index in [1.807, 2.05) is 12.1 Å². The number of rotatable bonds is 3. The highest BCUT2D eigenvalue weighted by Gasteiger charge is 2.20. The maximum absolute atomic E-state index is 6.11. The number of hydrogen-bond acceptors (Lipinski definition) is 2. The van der Waals surface area contributed by atoms with E-state index in [2.05, 4.69) is 26.9 Å². The predicted octanol–water partition coefficient (Wildman–Crippen LogP) is 3.42. The van der Waals surface area contributed by atoms with Crippen LogP contribution in [0.1, 0.15) is 24.8 Å². The quantitative estimate of drug-likeness (QED) is 0.925. The van der Waals surface area contributed by atoms with Crippen molar-refractivity contribution in [2.45, 2.75) is 31.8 Å². The molecule has 1 fully saturated rings. The van der Waals surface area contributed by atoms with Gasteiger partial charge in [0, 0.05) is 23.6 Å². The lowest BCUT2D eigenvalue weighted by molar-refractivity contribution is 0.145. The van der Waals surface area contributed by atoms with Gasteiger partial charge in [-0.15, -0.1) is 0 Å². The zero-order valence-corrected chi connectivity index (χ0v) is 12.2. The summed E-state index contributed by atoms with van der Waals surface area (Å²) in [6.07, 6.45) is 3.81. The average Bonchev–Trinajstić information content (AvgIpc) is 2.34. The van der Waals surface area contributed by atoms with Crippen LogP contribution in [0.4, 0.5) is 0 Å². The Hall–Kier alpha value is -0.0900. The van der Waals surface area contributed by atoms with E-state index in [4.69, 9.17) is 17.3 Å². The first kappa shape index (κ1) is 13.3. The van der Waals surface area contributed by atoms with Gasteiger partial charge in [0.2, 0.25) is 0 Å². The molecular weight excluding hydrogens is 300 g/mol. The van der Waals surface area contributed by atoms with Crippen molar-refractivity contribution in [1.82, 2.24) is 4.90 Å². The lowest BCUT2D eigenvalue weighted by atomic mass is 10.0. The minimum atomic E-state index is 0.533. The van der Waals surface area contributed by atoms with E-state index >= 15 is 0 Å². The number of likely N-dealkylation sites (tertiary alicyclic amines) is 1. The molecule has 1 aliphatic heterocycles. The molecule has 1 saturated heterocycles. The van der Waals surface area contributed by atoms with Gasteiger partial charge >= 0.3 is 0 Å². The first-order chi connectivity index (χ1) is 8.20. The van der Waals surface area contributed by atoms with Crippen molar-refractivity contribution in [2.24, 2.45) is 5.73 Å². The summed E-state index contributed by atoms with van der Waals surface area (Å²) in [5.74, 6) is 0. The zero-order valence-electron chi connectivity index (χ0n) is 9.83. The SMILES string of the molecule is NCC1CCCCN1Cc1ccc(Br)c(Cl)c1. The molecule has 0 spiro atoms. The van der Waals surface area contributed by atoms with Gasteiger partial charge in [0.05, 0.1) is 5.02 Å². The van der Waals surface area contributed by atoms with Crippen molar-refractivity contribution in [2.75, 3.05) is 13.1 Å². The van der Waals surface area contributed by atoms with E-state index in [0.717, 1.165) is 29.1 Å². The van der Waals surface area contributed by atoms with Crippen LogP contribution >= 0.6 is 27.5 Å². The molecule has 2 rings (SSSR count). The molecule has 4 heteroatoms. The average molecular weight is 318 g/mol. The van der Waals surface area contributed by atoms with Crippen molar-refractivity contribution in [3.05, 3.63) is 33.3 Å². The normalized spacial score (nSPS) is 21.7. The molecule has 1 aromatic rings. The second-order valence-electron chi connectivity index (χ2n) is 4.60. The molecule has 0 aliphatic carbocycles. The van der Waals surface area contributed by atoms with E-state index in [-0.39, 0.29) is 0 Å². The predicted molar refractivity (Wildman–Crippen MR) is 76.3 cm³/mol. The number of nitrogens with two attached hydrogens (primary N) is 1. The highest BCUT2D eigenvalue weighted by atomic mass is 79.9. The van der Waals surface area contributed by atoms with Crippen LogP contribution < -0.4 is 5.73 Å². The number of piperidine rings is 1. The zero-order chi connectivity index (χ0) is 12.3. The Bertz CT molecular complexity index is 384. The summed E-state index contributed by atoms with van der Waals surface area (Å²) in [5.41, 5.74) is 7.09. The molecule has 0 aromatic heterocycles. The minimum Gasteiger partial charge on any atom is -0.329 e. The molecule has 1 aliphatic rings. The van der Waals surface area contributed by atoms with E-state index in [1.165, 1.54) is 24.8 Å². The Morgan fingerprint density at radius 1 is 1.41 bits per heavy atom. The largest absolute Gasteiger partial charge is 0.329 e. The van der Waals surface area contributed by atoms with Gasteiger partial charge in [-0.05, 0) is 53.0 Å². The van der Waals surface area contributed by atoms with Crippen LogP contribution in [-0.2, 0) is 6.54 Å². The topological polar surface area (TPSA) is 29.3 Å². The summed E-state index contributed by atoms with van der Waals surface area (Å²) in [4.78, 5) is 2.48. The molecule has 0 saturated carbocycles. The Morgan fingerprint density at radius 2 is 2.24 bits per heavy atom. The molecule has 1 aromatic carbocycles. The fourth-order valence-electron chi connectivity index (χ4n) is 2.41. The van der Waals surface area contributed by atoms with Crippen LogP contribution in [0.5, 0.6) is 0 Å². The number of nitrogens with zero attached hydrogens (tertiary/aromatic N) is 1. The number of halogens is 2. The third-order valence-electron chi connectivity index (χ3n) is 3.39. The Labute approximate surface area is 116 Å². The monoisotopic (exact) mass is 316 g/mol. The second kappa shape index (κ2) is 6.19. The van der Waals surface area contributed by atoms with E-state index < -0.39 is 0 Å². The summed E-state index contributed by atoms with van der Waals surface area (Å²) in [5, 5.41) is 0.781. The lowest BCUT2D eigenvalue weighted by Crippen LogP contribution is -2.43. The molecule has 0 radical (unpaired) electrons. The molecule has 0 bridgehead atoms. The Balaban J connectivity index is 2.05. The van der Waals surface area contributed by atoms with Gasteiger partial charge in [0.25, 0.3) is 0 Å². The number of benzene rings is 1. The maximum Gasteiger partial charge on any atom is 0.0551 e. The van der Waals surface area contributed by atoms with Crippen molar-refractivity contribution in [1.29, 1.82) is 0 Å². The summed E-state index contributed by atoms with van der Waals surface area (Å²) in [7, 11) is 0. The summed E-state index contributed by atoms with van der Waals surface area (Å²) in [6.45, 7) is 2.86. The maximum atomic E-state index is 6.11. The van der Waals surface area contributed by atoms with Crippen LogP contribution in [0.25, 0.3) is 0 Å². The highest BCUT2D eigenvalue weighted by molar-refractivity contribution is 9.10. The molecule has 1 heterocycles. The fraction of sp³-hybridized carbons (Fsp3) is 0.538. The fourth-order valence-corrected chi connectivity index (χ4v) is 2.86. The van der Waals surface area contributed by atoms with E-state index in [1.54, 1.807) is 0 Å². The van der Waals surface area contributed by atoms with E-state index in [0.29, 0.717) is 6.04 Å². The first-order valence-electron chi connectivity index (χ1n) is 6.08. The van der Waals surface area contributed by atoms with Crippen molar-refractivity contribution in [3.63, 3.8) is 0 Å². The number of hydrogen-bond donors (Lipinski definition) is 1. The van der Waals surface area contributed by atoms with Crippen LogP contribution in [0.2, 0.25) is 5.02 Å². The minimum absolute atomic E-state index is 0.533. The molecule has 1 atom stereocenters. The molecule has 2 N–H and O–H groups in total. The van der Waals surface area contributed by atoms with Gasteiger partial charge in [0.15, 0.2) is 0 Å². The molecule has 94 valence electrons. The van der Waals surface area contributed by atoms with Crippen LogP contribution in [0.3, 0.4) is 0 Å². The smallest absolute Gasteiger partial charge is 0.0551 e. The van der Waals surface area contributed by atoms with Crippen LogP contribution in [0.15, 0.2) is 22.7 Å². The molecule has 0 amide bonds. The third kappa shape index (κ3) is 3.44. The highest BCUT2D eigenvalue weighted by Crippen LogP contribution is 2.25. The molecular formula is C13H18BrClN2. The van der Waals surface area contributed by atoms with E-state index in [9.17, 15) is 0 Å².